The zero-order valence-electron chi connectivity index (χ0n) is 14.4. The molecule has 4 nitrogen and oxygen atoms in total. The Morgan fingerprint density at radius 3 is 2.08 bits per heavy atom. The molecule has 0 aliphatic rings. The predicted octanol–water partition coefficient (Wildman–Crippen LogP) is 4.30. The monoisotopic (exact) mass is 361 g/mol. The highest BCUT2D eigenvalue weighted by Gasteiger charge is 2.01. The Morgan fingerprint density at radius 2 is 1.40 bits per heavy atom. The van der Waals surface area contributed by atoms with E-state index >= 15 is 0 Å². The van der Waals surface area contributed by atoms with Gasteiger partial charge in [-0.3, -0.25) is 0 Å². The van der Waals surface area contributed by atoms with E-state index in [0.717, 1.165) is 44.3 Å². The highest BCUT2D eigenvalue weighted by atomic mass is 32.2. The number of benzene rings is 2. The smallest absolute Gasteiger partial charge is 0.124 e. The van der Waals surface area contributed by atoms with Gasteiger partial charge in [0.2, 0.25) is 0 Å². The summed E-state index contributed by atoms with van der Waals surface area (Å²) < 4.78 is 38.3. The van der Waals surface area contributed by atoms with Crippen LogP contribution in [-0.2, 0) is 27.9 Å². The summed E-state index contributed by atoms with van der Waals surface area (Å²) in [5.74, 6) is 0. The van der Waals surface area contributed by atoms with Crippen LogP contribution in [0.15, 0.2) is 59.5 Å². The molecular formula is C20H25O4S-. The summed E-state index contributed by atoms with van der Waals surface area (Å²) in [6.45, 7) is 1.47. The van der Waals surface area contributed by atoms with Gasteiger partial charge in [-0.25, -0.2) is 8.42 Å². The highest BCUT2D eigenvalue weighted by molar-refractivity contribution is 7.85. The second-order valence-electron chi connectivity index (χ2n) is 6.15. The number of aryl methyl sites for hydroxylation is 1. The molecule has 0 atom stereocenters. The second kappa shape index (κ2) is 10.3. The molecule has 2 rings (SSSR count). The van der Waals surface area contributed by atoms with Gasteiger partial charge in [-0.05, 0) is 42.5 Å². The molecule has 0 aliphatic carbocycles. The van der Waals surface area contributed by atoms with E-state index in [9.17, 15) is 13.0 Å². The molecule has 5 heteroatoms. The Kier molecular flexibility index (Phi) is 8.12. The number of unbranched alkanes of at least 4 members (excludes halogenated alkanes) is 4. The lowest BCUT2D eigenvalue weighted by Gasteiger charge is -2.08. The van der Waals surface area contributed by atoms with Gasteiger partial charge < -0.3 is 9.29 Å². The molecule has 0 N–H and O–H groups in total. The minimum Gasteiger partial charge on any atom is -0.744 e. The summed E-state index contributed by atoms with van der Waals surface area (Å²) in [7, 11) is -4.34. The van der Waals surface area contributed by atoms with Gasteiger partial charge in [-0.15, -0.1) is 0 Å². The van der Waals surface area contributed by atoms with E-state index < -0.39 is 10.1 Å². The molecule has 0 aromatic heterocycles. The van der Waals surface area contributed by atoms with Crippen LogP contribution in [0.3, 0.4) is 0 Å². The van der Waals surface area contributed by atoms with Crippen LogP contribution < -0.4 is 0 Å². The summed E-state index contributed by atoms with van der Waals surface area (Å²) in [5, 5.41) is 0. The van der Waals surface area contributed by atoms with Crippen molar-refractivity contribution >= 4 is 10.1 Å². The predicted molar refractivity (Wildman–Crippen MR) is 97.3 cm³/mol. The number of ether oxygens (including phenoxy) is 1. The molecule has 0 amide bonds. The van der Waals surface area contributed by atoms with E-state index in [1.54, 1.807) is 12.1 Å². The van der Waals surface area contributed by atoms with E-state index in [0.29, 0.717) is 6.61 Å². The van der Waals surface area contributed by atoms with Crippen molar-refractivity contribution < 1.29 is 17.7 Å². The normalized spacial score (nSPS) is 11.6. The van der Waals surface area contributed by atoms with Gasteiger partial charge in [-0.1, -0.05) is 61.7 Å². The van der Waals surface area contributed by atoms with Crippen LogP contribution in [0, 0.1) is 0 Å². The fourth-order valence-electron chi connectivity index (χ4n) is 2.65. The maximum Gasteiger partial charge on any atom is 0.124 e. The van der Waals surface area contributed by atoms with Crippen molar-refractivity contribution in [1.82, 2.24) is 0 Å². The maximum atomic E-state index is 10.9. The summed E-state index contributed by atoms with van der Waals surface area (Å²) in [6.07, 6.45) is 6.51. The first-order chi connectivity index (χ1) is 12.1. The van der Waals surface area contributed by atoms with Crippen molar-refractivity contribution in [2.24, 2.45) is 0 Å². The molecule has 0 heterocycles. The summed E-state index contributed by atoms with van der Waals surface area (Å²) in [4.78, 5) is -0.160. The largest absolute Gasteiger partial charge is 0.744 e. The van der Waals surface area contributed by atoms with E-state index in [1.165, 1.54) is 24.1 Å². The van der Waals surface area contributed by atoms with Crippen molar-refractivity contribution in [3.05, 3.63) is 65.7 Å². The van der Waals surface area contributed by atoms with E-state index in [-0.39, 0.29) is 4.90 Å². The maximum absolute atomic E-state index is 10.9. The number of hydrogen-bond donors (Lipinski definition) is 0. The number of hydrogen-bond acceptors (Lipinski definition) is 4. The first-order valence-electron chi connectivity index (χ1n) is 8.72. The van der Waals surface area contributed by atoms with Crippen molar-refractivity contribution in [3.8, 4) is 0 Å². The molecule has 0 unspecified atom stereocenters. The minimum atomic E-state index is -4.34. The lowest BCUT2D eigenvalue weighted by molar-refractivity contribution is 0.116. The van der Waals surface area contributed by atoms with Crippen LogP contribution in [0.4, 0.5) is 0 Å². The molecule has 2 aromatic rings. The second-order valence-corrected chi connectivity index (χ2v) is 7.53. The van der Waals surface area contributed by atoms with Crippen LogP contribution in [0.2, 0.25) is 0 Å². The topological polar surface area (TPSA) is 66.4 Å². The molecular weight excluding hydrogens is 336 g/mol. The molecule has 136 valence electrons. The lowest BCUT2D eigenvalue weighted by Crippen LogP contribution is -1.98. The molecule has 0 radical (unpaired) electrons. The Balaban J connectivity index is 1.49. The third-order valence-electron chi connectivity index (χ3n) is 4.08. The van der Waals surface area contributed by atoms with E-state index in [4.69, 9.17) is 4.74 Å². The van der Waals surface area contributed by atoms with Crippen LogP contribution in [-0.4, -0.2) is 19.6 Å². The third kappa shape index (κ3) is 7.82. The van der Waals surface area contributed by atoms with Gasteiger partial charge in [0.15, 0.2) is 0 Å². The van der Waals surface area contributed by atoms with E-state index in [1.807, 2.05) is 18.2 Å². The first kappa shape index (κ1) is 19.6. The zero-order chi connectivity index (χ0) is 18.0. The highest BCUT2D eigenvalue weighted by Crippen LogP contribution is 2.13. The zero-order valence-corrected chi connectivity index (χ0v) is 15.2. The first-order valence-corrected chi connectivity index (χ1v) is 10.1. The third-order valence-corrected chi connectivity index (χ3v) is 4.93. The molecule has 0 bridgehead atoms. The van der Waals surface area contributed by atoms with Crippen molar-refractivity contribution in [1.29, 1.82) is 0 Å². The van der Waals surface area contributed by atoms with E-state index in [2.05, 4.69) is 12.1 Å². The lowest BCUT2D eigenvalue weighted by atomic mass is 10.1. The Bertz CT molecular complexity index is 709. The van der Waals surface area contributed by atoms with Gasteiger partial charge in [0, 0.05) is 6.61 Å². The van der Waals surface area contributed by atoms with Gasteiger partial charge in [0.1, 0.15) is 10.1 Å². The van der Waals surface area contributed by atoms with Crippen molar-refractivity contribution in [2.45, 2.75) is 50.0 Å². The molecule has 0 aliphatic heterocycles. The molecule has 2 aromatic carbocycles. The van der Waals surface area contributed by atoms with Gasteiger partial charge >= 0.3 is 0 Å². The Labute approximate surface area is 150 Å². The fraction of sp³-hybridized carbons (Fsp3) is 0.400. The minimum absolute atomic E-state index is 0.160. The van der Waals surface area contributed by atoms with Crippen LogP contribution in [0.5, 0.6) is 0 Å². The van der Waals surface area contributed by atoms with Crippen molar-refractivity contribution in [2.75, 3.05) is 6.61 Å². The Morgan fingerprint density at radius 1 is 0.760 bits per heavy atom. The van der Waals surface area contributed by atoms with Gasteiger partial charge in [0.05, 0.1) is 11.5 Å². The number of rotatable bonds is 11. The summed E-state index contributed by atoms with van der Waals surface area (Å²) in [5.41, 5.74) is 2.27. The average molecular weight is 361 g/mol. The molecule has 0 saturated carbocycles. The van der Waals surface area contributed by atoms with Crippen LogP contribution in [0.25, 0.3) is 0 Å². The average Bonchev–Trinajstić information content (AvgIpc) is 2.61. The van der Waals surface area contributed by atoms with Crippen LogP contribution in [0.1, 0.15) is 43.2 Å². The standard InChI is InChI=1S/C20H26O4S/c21-25(22,23)20-14-12-18(13-15-20)9-5-2-1-3-8-16-24-17-19-10-6-4-7-11-19/h4,6-7,10-15H,1-3,5,8-9,16-17H2,(H,21,22,23)/p-1. The molecule has 0 saturated heterocycles. The molecule has 0 fully saturated rings. The molecule has 0 spiro atoms. The quantitative estimate of drug-likeness (QED) is 0.442. The van der Waals surface area contributed by atoms with Gasteiger partial charge in [-0.2, -0.15) is 0 Å². The summed E-state index contributed by atoms with van der Waals surface area (Å²) >= 11 is 0. The molecule has 25 heavy (non-hydrogen) atoms. The Hall–Kier alpha value is -1.69. The SMILES string of the molecule is O=S(=O)([O-])c1ccc(CCCCCCCOCc2ccccc2)cc1. The van der Waals surface area contributed by atoms with Gasteiger partial charge in [0.25, 0.3) is 0 Å². The fourth-order valence-corrected chi connectivity index (χ4v) is 3.12. The van der Waals surface area contributed by atoms with Crippen LogP contribution >= 0.6 is 0 Å². The van der Waals surface area contributed by atoms with Crippen molar-refractivity contribution in [3.63, 3.8) is 0 Å². The summed E-state index contributed by atoms with van der Waals surface area (Å²) in [6, 6.07) is 16.4.